The summed E-state index contributed by atoms with van der Waals surface area (Å²) < 4.78 is 7.58. The summed E-state index contributed by atoms with van der Waals surface area (Å²) in [7, 11) is 0. The van der Waals surface area contributed by atoms with Crippen LogP contribution >= 0.6 is 24.8 Å². The largest absolute Gasteiger partial charge is 0.494 e. The van der Waals surface area contributed by atoms with Gasteiger partial charge >= 0.3 is 0 Å². The first kappa shape index (κ1) is 31.3. The molecule has 1 amide bonds. The number of hydrogen-bond acceptors (Lipinski definition) is 7. The lowest BCUT2D eigenvalue weighted by Crippen LogP contribution is -2.51. The summed E-state index contributed by atoms with van der Waals surface area (Å²) in [6, 6.07) is 8.80. The zero-order valence-corrected chi connectivity index (χ0v) is 25.6. The smallest absolute Gasteiger partial charge is 0.225 e. The van der Waals surface area contributed by atoms with Gasteiger partial charge in [0.05, 0.1) is 24.7 Å². The molecule has 4 heterocycles. The molecule has 1 aromatic carbocycles. The number of piperidine rings is 1. The molecule has 1 saturated carbocycles. The van der Waals surface area contributed by atoms with Crippen LogP contribution in [0, 0.1) is 5.92 Å². The third kappa shape index (κ3) is 7.07. The van der Waals surface area contributed by atoms with E-state index in [9.17, 15) is 4.79 Å². The fourth-order valence-corrected chi connectivity index (χ4v) is 6.69. The molecule has 6 rings (SSSR count). The maximum Gasteiger partial charge on any atom is 0.225 e. The topological polar surface area (TPSA) is 79.6 Å². The zero-order chi connectivity index (χ0) is 26.6. The van der Waals surface area contributed by atoms with E-state index < -0.39 is 0 Å². The van der Waals surface area contributed by atoms with Crippen LogP contribution in [0.4, 0.5) is 5.82 Å². The van der Waals surface area contributed by atoms with Crippen molar-refractivity contribution in [2.45, 2.75) is 64.5 Å². The van der Waals surface area contributed by atoms with Crippen LogP contribution < -0.4 is 9.64 Å². The molecule has 3 aromatic rings. The van der Waals surface area contributed by atoms with Crippen LogP contribution in [0.3, 0.4) is 0 Å². The molecule has 224 valence electrons. The van der Waals surface area contributed by atoms with Crippen LogP contribution in [0.15, 0.2) is 36.8 Å². The van der Waals surface area contributed by atoms with E-state index in [1.54, 1.807) is 6.33 Å². The molecule has 2 saturated heterocycles. The summed E-state index contributed by atoms with van der Waals surface area (Å²) in [5, 5.41) is 5.60. The van der Waals surface area contributed by atoms with Crippen molar-refractivity contribution in [3.05, 3.63) is 42.4 Å². The van der Waals surface area contributed by atoms with Crippen molar-refractivity contribution in [3.8, 4) is 5.75 Å². The molecule has 0 atom stereocenters. The maximum absolute atomic E-state index is 13.4. The molecule has 41 heavy (non-hydrogen) atoms. The Bertz CT molecular complexity index is 1270. The second kappa shape index (κ2) is 14.5. The van der Waals surface area contributed by atoms with Crippen molar-refractivity contribution in [1.82, 2.24) is 29.5 Å². The normalized spacial score (nSPS) is 21.7. The summed E-state index contributed by atoms with van der Waals surface area (Å²) in [5.74, 6) is 2.33. The van der Waals surface area contributed by atoms with Gasteiger partial charge in [-0.2, -0.15) is 5.10 Å². The fourth-order valence-electron chi connectivity index (χ4n) is 6.69. The monoisotopic (exact) mass is 603 g/mol. The number of aromatic nitrogens is 4. The SMILES string of the molecule is CCOc1cccc(Cn2ncc3c(N4CCN(C(=O)C5CCC(N6CCCCC6)CC5)CC4)ncnc32)c1.Cl.Cl. The first-order valence-corrected chi connectivity index (χ1v) is 14.9. The van der Waals surface area contributed by atoms with E-state index in [1.807, 2.05) is 29.9 Å². The number of hydrogen-bond donors (Lipinski definition) is 0. The van der Waals surface area contributed by atoms with Gasteiger partial charge in [0, 0.05) is 38.1 Å². The highest BCUT2D eigenvalue weighted by Crippen LogP contribution is 2.31. The number of piperazine rings is 1. The number of fused-ring (bicyclic) bond motifs is 1. The summed E-state index contributed by atoms with van der Waals surface area (Å²) in [6.45, 7) is 8.80. The van der Waals surface area contributed by atoms with E-state index in [4.69, 9.17) is 4.74 Å². The Hall–Kier alpha value is -2.62. The minimum Gasteiger partial charge on any atom is -0.494 e. The third-order valence-corrected chi connectivity index (χ3v) is 8.80. The van der Waals surface area contributed by atoms with Crippen LogP contribution in [0.1, 0.15) is 57.4 Å². The first-order chi connectivity index (χ1) is 19.2. The van der Waals surface area contributed by atoms with Crippen molar-refractivity contribution in [1.29, 1.82) is 0 Å². The number of anilines is 1. The molecule has 0 unspecified atom stereocenters. The van der Waals surface area contributed by atoms with Gasteiger partial charge in [-0.05, 0) is 76.2 Å². The van der Waals surface area contributed by atoms with Crippen LogP contribution in [0.2, 0.25) is 0 Å². The Morgan fingerprint density at radius 1 is 0.951 bits per heavy atom. The molecule has 0 bridgehead atoms. The summed E-state index contributed by atoms with van der Waals surface area (Å²) in [5.41, 5.74) is 1.94. The van der Waals surface area contributed by atoms with Crippen LogP contribution in [0.5, 0.6) is 5.75 Å². The molecule has 1 aliphatic carbocycles. The van der Waals surface area contributed by atoms with Gasteiger partial charge in [0.1, 0.15) is 17.9 Å². The number of benzene rings is 1. The van der Waals surface area contributed by atoms with Crippen molar-refractivity contribution in [2.75, 3.05) is 50.8 Å². The molecule has 0 spiro atoms. The number of nitrogens with zero attached hydrogens (tertiary/aromatic N) is 7. The van der Waals surface area contributed by atoms with Crippen molar-refractivity contribution in [2.24, 2.45) is 5.92 Å². The van der Waals surface area contributed by atoms with E-state index in [2.05, 4.69) is 41.9 Å². The number of amides is 1. The Morgan fingerprint density at radius 2 is 1.71 bits per heavy atom. The minimum absolute atomic E-state index is 0. The Morgan fingerprint density at radius 3 is 2.44 bits per heavy atom. The highest BCUT2D eigenvalue weighted by atomic mass is 35.5. The highest BCUT2D eigenvalue weighted by Gasteiger charge is 2.33. The molecule has 0 N–H and O–H groups in total. The van der Waals surface area contributed by atoms with Crippen molar-refractivity contribution < 1.29 is 9.53 Å². The molecule has 9 nitrogen and oxygen atoms in total. The molecule has 2 aliphatic heterocycles. The molecule has 11 heteroatoms. The lowest BCUT2D eigenvalue weighted by molar-refractivity contribution is -0.137. The maximum atomic E-state index is 13.4. The van der Waals surface area contributed by atoms with Gasteiger partial charge in [0.25, 0.3) is 0 Å². The number of carbonyl (C=O) groups is 1. The van der Waals surface area contributed by atoms with Crippen LogP contribution in [0.25, 0.3) is 11.0 Å². The van der Waals surface area contributed by atoms with E-state index in [-0.39, 0.29) is 30.7 Å². The molecule has 3 aliphatic rings. The Balaban J connectivity index is 0.00000194. The average molecular weight is 605 g/mol. The van der Waals surface area contributed by atoms with Gasteiger partial charge in [-0.25, -0.2) is 14.6 Å². The summed E-state index contributed by atoms with van der Waals surface area (Å²) >= 11 is 0. The number of rotatable bonds is 7. The number of ether oxygens (including phenoxy) is 1. The van der Waals surface area contributed by atoms with Gasteiger partial charge in [0.15, 0.2) is 5.65 Å². The van der Waals surface area contributed by atoms with Gasteiger partial charge in [-0.1, -0.05) is 18.6 Å². The van der Waals surface area contributed by atoms with Crippen molar-refractivity contribution >= 4 is 47.6 Å². The van der Waals surface area contributed by atoms with E-state index in [0.717, 1.165) is 67.2 Å². The van der Waals surface area contributed by atoms with E-state index in [0.29, 0.717) is 25.1 Å². The predicted octanol–water partition coefficient (Wildman–Crippen LogP) is 4.81. The second-order valence-corrected chi connectivity index (χ2v) is 11.2. The third-order valence-electron chi connectivity index (χ3n) is 8.80. The second-order valence-electron chi connectivity index (χ2n) is 11.2. The van der Waals surface area contributed by atoms with Gasteiger partial charge in [-0.15, -0.1) is 24.8 Å². The predicted molar refractivity (Wildman–Crippen MR) is 166 cm³/mol. The van der Waals surface area contributed by atoms with Crippen molar-refractivity contribution in [3.63, 3.8) is 0 Å². The van der Waals surface area contributed by atoms with Crippen LogP contribution in [-0.4, -0.2) is 87.4 Å². The molecule has 2 aromatic heterocycles. The number of likely N-dealkylation sites (tertiary alicyclic amines) is 1. The Kier molecular flexibility index (Phi) is 11.1. The van der Waals surface area contributed by atoms with Gasteiger partial charge < -0.3 is 19.4 Å². The molecular weight excluding hydrogens is 561 g/mol. The lowest BCUT2D eigenvalue weighted by atomic mass is 9.83. The highest BCUT2D eigenvalue weighted by molar-refractivity contribution is 5.87. The lowest BCUT2D eigenvalue weighted by Gasteiger charge is -2.41. The van der Waals surface area contributed by atoms with Gasteiger partial charge in [-0.3, -0.25) is 4.79 Å². The zero-order valence-electron chi connectivity index (χ0n) is 24.0. The molecular formula is C30H43Cl2N7O2. The summed E-state index contributed by atoms with van der Waals surface area (Å²) in [6.07, 6.45) is 12.0. The number of carbonyl (C=O) groups excluding carboxylic acids is 1. The fraction of sp³-hybridized carbons (Fsp3) is 0.600. The van der Waals surface area contributed by atoms with Gasteiger partial charge in [0.2, 0.25) is 5.91 Å². The van der Waals surface area contributed by atoms with Crippen LogP contribution in [-0.2, 0) is 11.3 Å². The van der Waals surface area contributed by atoms with E-state index >= 15 is 0 Å². The molecule has 0 radical (unpaired) electrons. The standard InChI is InChI=1S/C30H41N7O2.2ClH/c1-2-39-26-8-6-7-23(19-26)21-37-29-27(20-33-37)28(31-22-32-29)35-15-17-36(18-16-35)30(38)24-9-11-25(12-10-24)34-13-4-3-5-14-34;;/h6-8,19-20,22,24-25H,2-5,9-18,21H2,1H3;2*1H. The quantitative estimate of drug-likeness (QED) is 0.383. The average Bonchev–Trinajstić information content (AvgIpc) is 3.40. The number of halogens is 2. The first-order valence-electron chi connectivity index (χ1n) is 14.9. The Labute approximate surface area is 255 Å². The minimum atomic E-state index is 0. The van der Waals surface area contributed by atoms with E-state index in [1.165, 1.54) is 45.2 Å². The summed E-state index contributed by atoms with van der Waals surface area (Å²) in [4.78, 5) is 29.6. The molecule has 3 fully saturated rings.